The van der Waals surface area contributed by atoms with Crippen molar-refractivity contribution in [3.63, 3.8) is 0 Å². The van der Waals surface area contributed by atoms with Gasteiger partial charge in [-0.25, -0.2) is 4.79 Å². The minimum absolute atomic E-state index is 0.0324. The highest BCUT2D eigenvalue weighted by Crippen LogP contribution is 2.26. The number of hydrogen-bond donors (Lipinski definition) is 2. The van der Waals surface area contributed by atoms with E-state index in [0.717, 1.165) is 28.0 Å². The largest absolute Gasteiger partial charge is 0.444 e. The lowest BCUT2D eigenvalue weighted by Crippen LogP contribution is -2.39. The van der Waals surface area contributed by atoms with E-state index in [0.29, 0.717) is 0 Å². The SMILES string of the molecule is CC(CCNC(C)c1ccc(Br)cc1Cl)NC(=O)OC(C)(C)C. The number of carbonyl (C=O) groups is 1. The first-order valence-corrected chi connectivity index (χ1v) is 8.93. The molecule has 4 nitrogen and oxygen atoms in total. The van der Waals surface area contributed by atoms with Crippen LogP contribution in [0.2, 0.25) is 5.02 Å². The minimum Gasteiger partial charge on any atom is -0.444 e. The third-order valence-electron chi connectivity index (χ3n) is 3.22. The number of carbonyl (C=O) groups excluding carboxylic acids is 1. The molecule has 6 heteroatoms. The molecule has 1 aromatic carbocycles. The van der Waals surface area contributed by atoms with Crippen LogP contribution in [0.5, 0.6) is 0 Å². The van der Waals surface area contributed by atoms with E-state index in [4.69, 9.17) is 16.3 Å². The number of halogens is 2. The van der Waals surface area contributed by atoms with Gasteiger partial charge < -0.3 is 15.4 Å². The van der Waals surface area contributed by atoms with Crippen LogP contribution in [0.1, 0.15) is 52.6 Å². The van der Waals surface area contributed by atoms with Gasteiger partial charge in [-0.1, -0.05) is 33.6 Å². The second kappa shape index (κ2) is 8.90. The summed E-state index contributed by atoms with van der Waals surface area (Å²) >= 11 is 9.66. The van der Waals surface area contributed by atoms with Crippen LogP contribution in [0, 0.1) is 0 Å². The Morgan fingerprint density at radius 2 is 2.00 bits per heavy atom. The summed E-state index contributed by atoms with van der Waals surface area (Å²) in [6.07, 6.45) is 0.423. The Balaban J connectivity index is 2.37. The van der Waals surface area contributed by atoms with Crippen LogP contribution < -0.4 is 10.6 Å². The Hall–Kier alpha value is -0.780. The fourth-order valence-corrected chi connectivity index (χ4v) is 2.90. The summed E-state index contributed by atoms with van der Waals surface area (Å²) in [5.41, 5.74) is 0.581. The van der Waals surface area contributed by atoms with Crippen molar-refractivity contribution in [2.75, 3.05) is 6.54 Å². The van der Waals surface area contributed by atoms with Crippen molar-refractivity contribution in [2.24, 2.45) is 0 Å². The standard InChI is InChI=1S/C17H26BrClN2O2/c1-11(21-16(22)23-17(3,4)5)8-9-20-12(2)14-7-6-13(18)10-15(14)19/h6-7,10-12,20H,8-9H2,1-5H3,(H,21,22). The molecule has 0 fully saturated rings. The molecule has 0 aliphatic carbocycles. The van der Waals surface area contributed by atoms with Gasteiger partial charge >= 0.3 is 6.09 Å². The lowest BCUT2D eigenvalue weighted by atomic mass is 10.1. The molecular weight excluding hydrogens is 380 g/mol. The van der Waals surface area contributed by atoms with Gasteiger partial charge in [0, 0.05) is 21.6 Å². The van der Waals surface area contributed by atoms with Crippen LogP contribution >= 0.6 is 27.5 Å². The van der Waals surface area contributed by atoms with Crippen LogP contribution in [0.3, 0.4) is 0 Å². The van der Waals surface area contributed by atoms with Crippen molar-refractivity contribution in [1.82, 2.24) is 10.6 Å². The molecule has 0 aliphatic heterocycles. The predicted molar refractivity (Wildman–Crippen MR) is 99.0 cm³/mol. The molecule has 0 saturated carbocycles. The summed E-state index contributed by atoms with van der Waals surface area (Å²) in [7, 11) is 0. The maximum absolute atomic E-state index is 11.7. The van der Waals surface area contributed by atoms with Crippen LogP contribution in [0.4, 0.5) is 4.79 Å². The second-order valence-corrected chi connectivity index (χ2v) is 8.00. The molecule has 1 aromatic rings. The van der Waals surface area contributed by atoms with Crippen molar-refractivity contribution in [2.45, 2.75) is 58.7 Å². The molecule has 0 aliphatic rings. The molecule has 0 spiro atoms. The molecule has 0 saturated heterocycles. The summed E-state index contributed by atoms with van der Waals surface area (Å²) in [6.45, 7) is 10.3. The molecule has 0 bridgehead atoms. The third kappa shape index (κ3) is 8.04. The summed E-state index contributed by atoms with van der Waals surface area (Å²) in [5, 5.41) is 6.99. The summed E-state index contributed by atoms with van der Waals surface area (Å²) in [5.74, 6) is 0. The van der Waals surface area contributed by atoms with Gasteiger partial charge in [-0.15, -0.1) is 0 Å². The molecule has 130 valence electrons. The van der Waals surface area contributed by atoms with Crippen LogP contribution in [0.15, 0.2) is 22.7 Å². The summed E-state index contributed by atoms with van der Waals surface area (Å²) in [4.78, 5) is 11.7. The van der Waals surface area contributed by atoms with Crippen molar-refractivity contribution >= 4 is 33.6 Å². The van der Waals surface area contributed by atoms with Gasteiger partial charge in [-0.3, -0.25) is 0 Å². The fraction of sp³-hybridized carbons (Fsp3) is 0.588. The van der Waals surface area contributed by atoms with Crippen LogP contribution in [0.25, 0.3) is 0 Å². The average Bonchev–Trinajstić information content (AvgIpc) is 2.35. The fourth-order valence-electron chi connectivity index (χ4n) is 2.06. The van der Waals surface area contributed by atoms with Gasteiger partial charge in [0.1, 0.15) is 5.60 Å². The molecule has 23 heavy (non-hydrogen) atoms. The van der Waals surface area contributed by atoms with E-state index in [1.54, 1.807) is 0 Å². The molecule has 0 aromatic heterocycles. The maximum atomic E-state index is 11.7. The van der Waals surface area contributed by atoms with E-state index in [-0.39, 0.29) is 18.2 Å². The number of ether oxygens (including phenoxy) is 1. The van der Waals surface area contributed by atoms with Crippen LogP contribution in [-0.4, -0.2) is 24.3 Å². The zero-order valence-electron chi connectivity index (χ0n) is 14.4. The van der Waals surface area contributed by atoms with Gasteiger partial charge in [0.2, 0.25) is 0 Å². The summed E-state index contributed by atoms with van der Waals surface area (Å²) < 4.78 is 6.21. The van der Waals surface area contributed by atoms with Crippen molar-refractivity contribution < 1.29 is 9.53 Å². The smallest absolute Gasteiger partial charge is 0.407 e. The van der Waals surface area contributed by atoms with Crippen molar-refractivity contribution in [1.29, 1.82) is 0 Å². The molecule has 2 N–H and O–H groups in total. The van der Waals surface area contributed by atoms with Gasteiger partial charge in [0.15, 0.2) is 0 Å². The normalized spacial score (nSPS) is 14.2. The van der Waals surface area contributed by atoms with Crippen LogP contribution in [-0.2, 0) is 4.74 Å². The van der Waals surface area contributed by atoms with E-state index in [2.05, 4.69) is 33.5 Å². The van der Waals surface area contributed by atoms with Gasteiger partial charge in [0.25, 0.3) is 0 Å². The molecule has 2 unspecified atom stereocenters. The lowest BCUT2D eigenvalue weighted by Gasteiger charge is -2.22. The first kappa shape index (κ1) is 20.3. The molecular formula is C17H26BrClN2O2. The highest BCUT2D eigenvalue weighted by Gasteiger charge is 2.17. The molecule has 0 heterocycles. The highest BCUT2D eigenvalue weighted by atomic mass is 79.9. The Kier molecular flexibility index (Phi) is 7.84. The topological polar surface area (TPSA) is 50.4 Å². The Bertz CT molecular complexity index is 532. The van der Waals surface area contributed by atoms with E-state index < -0.39 is 5.60 Å². The molecule has 1 rings (SSSR count). The number of alkyl carbamates (subject to hydrolysis) is 1. The first-order valence-electron chi connectivity index (χ1n) is 7.76. The number of amides is 1. The van der Waals surface area contributed by atoms with Gasteiger partial charge in [-0.2, -0.15) is 0 Å². The molecule has 0 radical (unpaired) electrons. The zero-order valence-corrected chi connectivity index (χ0v) is 16.7. The number of rotatable bonds is 6. The monoisotopic (exact) mass is 404 g/mol. The Morgan fingerprint density at radius 1 is 1.35 bits per heavy atom. The quantitative estimate of drug-likeness (QED) is 0.695. The van der Waals surface area contributed by atoms with Crippen molar-refractivity contribution in [3.05, 3.63) is 33.3 Å². The molecule has 2 atom stereocenters. The van der Waals surface area contributed by atoms with Gasteiger partial charge in [0.05, 0.1) is 0 Å². The Morgan fingerprint density at radius 3 is 2.57 bits per heavy atom. The average molecular weight is 406 g/mol. The number of hydrogen-bond acceptors (Lipinski definition) is 3. The van der Waals surface area contributed by atoms with Gasteiger partial charge in [-0.05, 0) is 65.3 Å². The second-order valence-electron chi connectivity index (χ2n) is 6.68. The van der Waals surface area contributed by atoms with E-state index in [1.165, 1.54) is 0 Å². The first-order chi connectivity index (χ1) is 10.6. The summed E-state index contributed by atoms with van der Waals surface area (Å²) in [6, 6.07) is 6.05. The number of nitrogens with one attached hydrogen (secondary N) is 2. The highest BCUT2D eigenvalue weighted by molar-refractivity contribution is 9.10. The van der Waals surface area contributed by atoms with E-state index >= 15 is 0 Å². The van der Waals surface area contributed by atoms with Crippen molar-refractivity contribution in [3.8, 4) is 0 Å². The minimum atomic E-state index is -0.477. The lowest BCUT2D eigenvalue weighted by molar-refractivity contribution is 0.0506. The predicted octanol–water partition coefficient (Wildman–Crippen LogP) is 5.06. The van der Waals surface area contributed by atoms with E-state index in [9.17, 15) is 4.79 Å². The zero-order chi connectivity index (χ0) is 17.6. The van der Waals surface area contributed by atoms with E-state index in [1.807, 2.05) is 45.9 Å². The molecule has 1 amide bonds. The maximum Gasteiger partial charge on any atom is 0.407 e. The Labute approximate surface area is 152 Å². The number of benzene rings is 1. The third-order valence-corrected chi connectivity index (χ3v) is 4.04.